The van der Waals surface area contributed by atoms with E-state index in [1.54, 1.807) is 5.57 Å². The van der Waals surface area contributed by atoms with E-state index in [0.717, 1.165) is 24.7 Å². The maximum Gasteiger partial charge on any atom is 0.204 e. The van der Waals surface area contributed by atoms with Crippen molar-refractivity contribution in [2.45, 2.75) is 89.3 Å². The van der Waals surface area contributed by atoms with Crippen LogP contribution < -0.4 is 0 Å². The second-order valence-corrected chi connectivity index (χ2v) is 13.8. The lowest BCUT2D eigenvalue weighted by atomic mass is 9.75. The van der Waals surface area contributed by atoms with Crippen LogP contribution in [0.4, 0.5) is 0 Å². The molecule has 3 aliphatic rings. The zero-order chi connectivity index (χ0) is 22.6. The highest BCUT2D eigenvalue weighted by Crippen LogP contribution is 2.54. The van der Waals surface area contributed by atoms with Crippen molar-refractivity contribution in [3.05, 3.63) is 47.8 Å². The molecule has 0 aromatic rings. The summed E-state index contributed by atoms with van der Waals surface area (Å²) in [4.78, 5) is 0. The highest BCUT2D eigenvalue weighted by molar-refractivity contribution is 14.1. The predicted octanol–water partition coefficient (Wildman–Crippen LogP) is 8.39. The molecule has 0 bridgehead atoms. The summed E-state index contributed by atoms with van der Waals surface area (Å²) in [5, 5.41) is 0. The van der Waals surface area contributed by atoms with Crippen LogP contribution in [0.2, 0.25) is 0 Å². The molecule has 0 aromatic carbocycles. The van der Waals surface area contributed by atoms with Gasteiger partial charge in [0.2, 0.25) is 5.79 Å². The summed E-state index contributed by atoms with van der Waals surface area (Å²) >= 11 is 2.66. The number of alkyl halides is 1. The van der Waals surface area contributed by atoms with Gasteiger partial charge in [-0.2, -0.15) is 0 Å². The molecule has 4 atom stereocenters. The first-order chi connectivity index (χ1) is 14.6. The normalized spacial score (nSPS) is 28.5. The van der Waals surface area contributed by atoms with Crippen molar-refractivity contribution >= 4 is 22.6 Å². The smallest absolute Gasteiger partial charge is 0.204 e. The van der Waals surface area contributed by atoms with Crippen LogP contribution in [0.15, 0.2) is 47.8 Å². The Kier molecular flexibility index (Phi) is 8.57. The van der Waals surface area contributed by atoms with Crippen molar-refractivity contribution < 1.29 is 9.47 Å². The largest absolute Gasteiger partial charge is 0.463 e. The van der Waals surface area contributed by atoms with Gasteiger partial charge in [0.25, 0.3) is 0 Å². The van der Waals surface area contributed by atoms with Crippen molar-refractivity contribution in [1.82, 2.24) is 0 Å². The Balaban J connectivity index is 1.51. The molecule has 1 fully saturated rings. The van der Waals surface area contributed by atoms with Crippen LogP contribution in [0.3, 0.4) is 0 Å². The molecule has 0 amide bonds. The molecular weight excluding hydrogens is 495 g/mol. The Bertz CT molecular complexity index is 720. The van der Waals surface area contributed by atoms with Gasteiger partial charge in [-0.3, -0.25) is 0 Å². The van der Waals surface area contributed by atoms with Gasteiger partial charge in [0, 0.05) is 17.3 Å². The fourth-order valence-corrected chi connectivity index (χ4v) is 6.40. The predicted molar refractivity (Wildman–Crippen MR) is 140 cm³/mol. The minimum atomic E-state index is -0.594. The fourth-order valence-electron chi connectivity index (χ4n) is 5.73. The quantitative estimate of drug-likeness (QED) is 0.120. The van der Waals surface area contributed by atoms with E-state index in [2.05, 4.69) is 86.7 Å². The van der Waals surface area contributed by atoms with Gasteiger partial charge in [-0.25, -0.2) is 0 Å². The third-order valence-electron chi connectivity index (χ3n) is 7.25. The summed E-state index contributed by atoms with van der Waals surface area (Å²) in [6.45, 7) is 14.4. The van der Waals surface area contributed by atoms with E-state index in [4.69, 9.17) is 9.47 Å². The Morgan fingerprint density at radius 3 is 2.58 bits per heavy atom. The molecule has 3 rings (SSSR count). The molecule has 4 unspecified atom stereocenters. The zero-order valence-corrected chi connectivity index (χ0v) is 22.7. The Labute approximate surface area is 204 Å². The monoisotopic (exact) mass is 538 g/mol. The molecule has 31 heavy (non-hydrogen) atoms. The number of unbranched alkanes of at least 4 members (excludes halogenated alkanes) is 1. The van der Waals surface area contributed by atoms with Crippen molar-refractivity contribution in [2.75, 3.05) is 6.61 Å². The zero-order valence-electron chi connectivity index (χ0n) is 20.5. The third-order valence-corrected chi connectivity index (χ3v) is 8.05. The molecule has 0 spiro atoms. The van der Waals surface area contributed by atoms with E-state index in [0.29, 0.717) is 27.1 Å². The Morgan fingerprint density at radius 2 is 1.94 bits per heavy atom. The summed E-state index contributed by atoms with van der Waals surface area (Å²) in [6, 6.07) is 0. The van der Waals surface area contributed by atoms with E-state index in [-0.39, 0.29) is 0 Å². The van der Waals surface area contributed by atoms with Crippen molar-refractivity contribution in [3.63, 3.8) is 0 Å². The van der Waals surface area contributed by atoms with E-state index >= 15 is 0 Å². The molecule has 0 heterocycles. The van der Waals surface area contributed by atoms with Crippen LogP contribution >= 0.6 is 22.6 Å². The number of hydrogen-bond donors (Lipinski definition) is 0. The van der Waals surface area contributed by atoms with Gasteiger partial charge < -0.3 is 9.47 Å². The Hall–Kier alpha value is -0.550. The van der Waals surface area contributed by atoms with Gasteiger partial charge in [-0.1, -0.05) is 80.2 Å². The SMILES string of the molecule is CC(C)C1C2C=C(OC(C)(C)OCCCCC3=CC=CCC3)C=CC2CC1C(C)(C)I. The van der Waals surface area contributed by atoms with E-state index in [9.17, 15) is 0 Å². The highest BCUT2D eigenvalue weighted by atomic mass is 127. The molecule has 0 N–H and O–H groups in total. The number of allylic oxidation sites excluding steroid dienone is 7. The molecule has 2 nitrogen and oxygen atoms in total. The van der Waals surface area contributed by atoms with Gasteiger partial charge in [0.1, 0.15) is 5.76 Å². The van der Waals surface area contributed by atoms with Crippen molar-refractivity contribution in [1.29, 1.82) is 0 Å². The van der Waals surface area contributed by atoms with E-state index in [1.165, 1.54) is 32.1 Å². The molecule has 3 heteroatoms. The van der Waals surface area contributed by atoms with Gasteiger partial charge in [-0.15, -0.1) is 0 Å². The number of ether oxygens (including phenoxy) is 2. The third kappa shape index (κ3) is 6.96. The molecule has 0 saturated heterocycles. The van der Waals surface area contributed by atoms with Gasteiger partial charge in [0.05, 0.1) is 6.61 Å². The lowest BCUT2D eigenvalue weighted by molar-refractivity contribution is -0.188. The first-order valence-electron chi connectivity index (χ1n) is 12.3. The molecule has 0 aliphatic heterocycles. The molecular formula is C28H43IO2. The van der Waals surface area contributed by atoms with Crippen LogP contribution in [-0.4, -0.2) is 15.8 Å². The molecule has 3 aliphatic carbocycles. The van der Waals surface area contributed by atoms with Crippen molar-refractivity contribution in [3.8, 4) is 0 Å². The van der Waals surface area contributed by atoms with Crippen molar-refractivity contribution in [2.24, 2.45) is 29.6 Å². The standard InChI is InChI=1S/C28H43IO2/c1-20(2)26-24-19-23(16-15-22(24)18-25(26)27(3,4)29)31-28(5,6)30-17-11-10-14-21-12-8-7-9-13-21/h7-8,12,15-16,19-20,22,24-26H,9-11,13-14,17-18H2,1-6H3. The summed E-state index contributed by atoms with van der Waals surface area (Å²) in [6.07, 6.45) is 20.9. The number of halogens is 1. The first kappa shape index (κ1) is 25.1. The molecule has 0 aromatic heterocycles. The minimum Gasteiger partial charge on any atom is -0.463 e. The second kappa shape index (κ2) is 10.6. The second-order valence-electron chi connectivity index (χ2n) is 11.0. The lowest BCUT2D eigenvalue weighted by Gasteiger charge is -2.36. The maximum atomic E-state index is 6.36. The topological polar surface area (TPSA) is 18.5 Å². The fraction of sp³-hybridized carbons (Fsp3) is 0.714. The summed E-state index contributed by atoms with van der Waals surface area (Å²) < 4.78 is 12.8. The van der Waals surface area contributed by atoms with E-state index in [1.807, 2.05) is 13.8 Å². The average Bonchev–Trinajstić information content (AvgIpc) is 3.07. The van der Waals surface area contributed by atoms with Crippen LogP contribution in [0.1, 0.15) is 80.1 Å². The summed E-state index contributed by atoms with van der Waals surface area (Å²) in [5.41, 5.74) is 1.58. The molecule has 174 valence electrons. The number of rotatable bonds is 10. The Morgan fingerprint density at radius 1 is 1.16 bits per heavy atom. The van der Waals surface area contributed by atoms with Crippen LogP contribution in [-0.2, 0) is 9.47 Å². The number of fused-ring (bicyclic) bond motifs is 1. The van der Waals surface area contributed by atoms with Gasteiger partial charge in [0.15, 0.2) is 0 Å². The summed E-state index contributed by atoms with van der Waals surface area (Å²) in [7, 11) is 0. The molecule has 0 radical (unpaired) electrons. The highest BCUT2D eigenvalue weighted by Gasteiger charge is 2.48. The first-order valence-corrected chi connectivity index (χ1v) is 13.4. The van der Waals surface area contributed by atoms with Crippen LogP contribution in [0.25, 0.3) is 0 Å². The lowest BCUT2D eigenvalue weighted by Crippen LogP contribution is -2.33. The maximum absolute atomic E-state index is 6.36. The minimum absolute atomic E-state index is 0.319. The van der Waals surface area contributed by atoms with Crippen LogP contribution in [0, 0.1) is 29.6 Å². The van der Waals surface area contributed by atoms with Gasteiger partial charge in [-0.05, 0) is 80.3 Å². The van der Waals surface area contributed by atoms with Crippen LogP contribution in [0.5, 0.6) is 0 Å². The summed E-state index contributed by atoms with van der Waals surface area (Å²) in [5.74, 6) is 3.74. The van der Waals surface area contributed by atoms with Gasteiger partial charge >= 0.3 is 0 Å². The number of hydrogen-bond acceptors (Lipinski definition) is 2. The molecule has 1 saturated carbocycles. The van der Waals surface area contributed by atoms with E-state index < -0.39 is 5.79 Å². The average molecular weight is 539 g/mol.